The zero-order valence-electron chi connectivity index (χ0n) is 15.2. The number of halogens is 3. The minimum atomic E-state index is -0.889. The predicted octanol–water partition coefficient (Wildman–Crippen LogP) is 3.17. The number of ether oxygens (including phenoxy) is 2. The molecule has 2 aromatic rings. The van der Waals surface area contributed by atoms with Crippen molar-refractivity contribution in [1.29, 1.82) is 0 Å². The second-order valence-corrected chi connectivity index (χ2v) is 6.73. The molecule has 7 nitrogen and oxygen atoms in total. The average molecular weight is 445 g/mol. The number of hydrogen-bond donors (Lipinski definition) is 3. The summed E-state index contributed by atoms with van der Waals surface area (Å²) in [7, 11) is 0. The molecular formula is C19H19Cl2FN2O5. The van der Waals surface area contributed by atoms with E-state index < -0.39 is 23.9 Å². The molecular weight excluding hydrogens is 426 g/mol. The molecule has 0 aliphatic rings. The van der Waals surface area contributed by atoms with Gasteiger partial charge in [-0.3, -0.25) is 4.79 Å². The highest BCUT2D eigenvalue weighted by atomic mass is 35.5. The Bertz CT molecular complexity index is 836. The smallest absolute Gasteiger partial charge is 0.412 e. The van der Waals surface area contributed by atoms with Crippen LogP contribution < -0.4 is 20.1 Å². The van der Waals surface area contributed by atoms with E-state index in [2.05, 4.69) is 10.6 Å². The van der Waals surface area contributed by atoms with E-state index in [1.54, 1.807) is 12.1 Å². The number of amides is 2. The van der Waals surface area contributed by atoms with Crippen LogP contribution in [0.15, 0.2) is 42.5 Å². The predicted molar refractivity (Wildman–Crippen MR) is 106 cm³/mol. The molecule has 2 amide bonds. The van der Waals surface area contributed by atoms with Crippen LogP contribution in [0.4, 0.5) is 9.18 Å². The number of nitrogens with one attached hydrogen (secondary N) is 2. The minimum absolute atomic E-state index is 0.0403. The Hall–Kier alpha value is -2.55. The van der Waals surface area contributed by atoms with Crippen molar-refractivity contribution in [3.05, 3.63) is 58.3 Å². The molecule has 156 valence electrons. The van der Waals surface area contributed by atoms with Crippen molar-refractivity contribution in [2.45, 2.75) is 12.5 Å². The van der Waals surface area contributed by atoms with Gasteiger partial charge < -0.3 is 25.2 Å². The Morgan fingerprint density at radius 2 is 1.76 bits per heavy atom. The Morgan fingerprint density at radius 1 is 1.07 bits per heavy atom. The molecule has 0 heterocycles. The van der Waals surface area contributed by atoms with E-state index in [9.17, 15) is 19.1 Å². The van der Waals surface area contributed by atoms with Gasteiger partial charge in [0.1, 0.15) is 17.3 Å². The summed E-state index contributed by atoms with van der Waals surface area (Å²) in [6.07, 6.45) is -1.42. The molecule has 1 unspecified atom stereocenters. The lowest BCUT2D eigenvalue weighted by Gasteiger charge is -2.13. The quantitative estimate of drug-likeness (QED) is 0.551. The molecule has 0 spiro atoms. The number of aliphatic hydroxyl groups excluding tert-OH is 1. The van der Waals surface area contributed by atoms with Crippen molar-refractivity contribution in [1.82, 2.24) is 10.6 Å². The van der Waals surface area contributed by atoms with Crippen LogP contribution in [0.1, 0.15) is 6.42 Å². The van der Waals surface area contributed by atoms with Crippen LogP contribution in [0.25, 0.3) is 0 Å². The second kappa shape index (κ2) is 11.5. The SMILES string of the molecule is O=C(COc1ccc(Cl)c(F)c1)NCCC(O)CNC(=O)Oc1ccc(Cl)cc1. The summed E-state index contributed by atoms with van der Waals surface area (Å²) in [4.78, 5) is 23.4. The standard InChI is InChI=1S/C19H19Cl2FN2O5/c20-12-1-3-14(4-2-12)29-19(27)24-10-13(25)7-8-23-18(26)11-28-15-5-6-16(21)17(22)9-15/h1-6,9,13,25H,7-8,10-11H2,(H,23,26)(H,24,27). The van der Waals surface area contributed by atoms with Gasteiger partial charge in [0.25, 0.3) is 5.91 Å². The Morgan fingerprint density at radius 3 is 2.45 bits per heavy atom. The fourth-order valence-electron chi connectivity index (χ4n) is 2.09. The van der Waals surface area contributed by atoms with Gasteiger partial charge in [0.15, 0.2) is 6.61 Å². The molecule has 0 aliphatic heterocycles. The molecule has 29 heavy (non-hydrogen) atoms. The zero-order chi connectivity index (χ0) is 21.2. The maximum atomic E-state index is 13.3. The van der Waals surface area contributed by atoms with E-state index in [-0.39, 0.29) is 36.9 Å². The maximum absolute atomic E-state index is 13.3. The van der Waals surface area contributed by atoms with Crippen LogP contribution in [-0.4, -0.2) is 42.9 Å². The lowest BCUT2D eigenvalue weighted by atomic mass is 10.2. The summed E-state index contributed by atoms with van der Waals surface area (Å²) in [5.41, 5.74) is 0. The van der Waals surface area contributed by atoms with Gasteiger partial charge in [-0.05, 0) is 42.8 Å². The van der Waals surface area contributed by atoms with Crippen molar-refractivity contribution in [3.8, 4) is 11.5 Å². The number of carbonyl (C=O) groups excluding carboxylic acids is 2. The molecule has 2 rings (SSSR count). The first-order valence-electron chi connectivity index (χ1n) is 8.57. The third kappa shape index (κ3) is 8.55. The lowest BCUT2D eigenvalue weighted by molar-refractivity contribution is -0.123. The Labute approximate surface area is 176 Å². The van der Waals surface area contributed by atoms with Crippen molar-refractivity contribution in [2.24, 2.45) is 0 Å². The van der Waals surface area contributed by atoms with Crippen LogP contribution in [-0.2, 0) is 4.79 Å². The van der Waals surface area contributed by atoms with Gasteiger partial charge in [0, 0.05) is 24.2 Å². The molecule has 0 aliphatic carbocycles. The summed E-state index contributed by atoms with van der Waals surface area (Å²) in [6.45, 7) is -0.210. The van der Waals surface area contributed by atoms with E-state index in [0.29, 0.717) is 10.8 Å². The average Bonchev–Trinajstić information content (AvgIpc) is 2.69. The normalized spacial score (nSPS) is 11.4. The first kappa shape index (κ1) is 22.7. The van der Waals surface area contributed by atoms with E-state index in [4.69, 9.17) is 32.7 Å². The van der Waals surface area contributed by atoms with E-state index in [0.717, 1.165) is 6.07 Å². The van der Waals surface area contributed by atoms with Crippen LogP contribution in [0.2, 0.25) is 10.0 Å². The fourth-order valence-corrected chi connectivity index (χ4v) is 2.34. The number of carbonyl (C=O) groups is 2. The molecule has 0 saturated heterocycles. The summed E-state index contributed by atoms with van der Waals surface area (Å²) < 4.78 is 23.4. The molecule has 0 radical (unpaired) electrons. The number of benzene rings is 2. The summed E-state index contributed by atoms with van der Waals surface area (Å²) in [5, 5.41) is 15.3. The lowest BCUT2D eigenvalue weighted by Crippen LogP contribution is -2.37. The van der Waals surface area contributed by atoms with Crippen molar-refractivity contribution in [3.63, 3.8) is 0 Å². The first-order chi connectivity index (χ1) is 13.8. The highest BCUT2D eigenvalue weighted by Crippen LogP contribution is 2.20. The molecule has 0 saturated carbocycles. The Balaban J connectivity index is 1.59. The molecule has 0 fully saturated rings. The summed E-state index contributed by atoms with van der Waals surface area (Å²) in [5.74, 6) is -0.600. The summed E-state index contributed by atoms with van der Waals surface area (Å²) in [6, 6.07) is 10.1. The monoisotopic (exact) mass is 444 g/mol. The van der Waals surface area contributed by atoms with Crippen molar-refractivity contribution >= 4 is 35.2 Å². The van der Waals surface area contributed by atoms with E-state index in [1.165, 1.54) is 24.3 Å². The van der Waals surface area contributed by atoms with Crippen LogP contribution in [0.3, 0.4) is 0 Å². The zero-order valence-corrected chi connectivity index (χ0v) is 16.7. The molecule has 3 N–H and O–H groups in total. The molecule has 1 atom stereocenters. The third-order valence-electron chi connectivity index (χ3n) is 3.57. The third-order valence-corrected chi connectivity index (χ3v) is 4.13. The van der Waals surface area contributed by atoms with Gasteiger partial charge in [0.05, 0.1) is 11.1 Å². The summed E-state index contributed by atoms with van der Waals surface area (Å²) >= 11 is 11.3. The van der Waals surface area contributed by atoms with E-state index >= 15 is 0 Å². The van der Waals surface area contributed by atoms with Crippen molar-refractivity contribution < 1.29 is 28.6 Å². The topological polar surface area (TPSA) is 96.9 Å². The Kier molecular flexibility index (Phi) is 8.98. The number of rotatable bonds is 9. The van der Waals surface area contributed by atoms with Crippen molar-refractivity contribution in [2.75, 3.05) is 19.7 Å². The highest BCUT2D eigenvalue weighted by molar-refractivity contribution is 6.30. The van der Waals surface area contributed by atoms with Gasteiger partial charge in [-0.2, -0.15) is 0 Å². The minimum Gasteiger partial charge on any atom is -0.484 e. The van der Waals surface area contributed by atoms with Gasteiger partial charge in [-0.1, -0.05) is 23.2 Å². The molecule has 0 aromatic heterocycles. The number of hydrogen-bond acceptors (Lipinski definition) is 5. The first-order valence-corrected chi connectivity index (χ1v) is 9.33. The maximum Gasteiger partial charge on any atom is 0.412 e. The van der Waals surface area contributed by atoms with Gasteiger partial charge >= 0.3 is 6.09 Å². The van der Waals surface area contributed by atoms with Gasteiger partial charge in [0.2, 0.25) is 0 Å². The van der Waals surface area contributed by atoms with Gasteiger partial charge in [-0.25, -0.2) is 9.18 Å². The molecule has 10 heteroatoms. The largest absolute Gasteiger partial charge is 0.484 e. The fraction of sp³-hybridized carbons (Fsp3) is 0.263. The van der Waals surface area contributed by atoms with Crippen LogP contribution >= 0.6 is 23.2 Å². The molecule has 0 bridgehead atoms. The van der Waals surface area contributed by atoms with E-state index in [1.807, 2.05) is 0 Å². The molecule has 2 aromatic carbocycles. The van der Waals surface area contributed by atoms with Crippen LogP contribution in [0.5, 0.6) is 11.5 Å². The van der Waals surface area contributed by atoms with Crippen LogP contribution in [0, 0.1) is 5.82 Å². The number of aliphatic hydroxyl groups is 1. The van der Waals surface area contributed by atoms with Gasteiger partial charge in [-0.15, -0.1) is 0 Å². The second-order valence-electron chi connectivity index (χ2n) is 5.88. The highest BCUT2D eigenvalue weighted by Gasteiger charge is 2.10.